The van der Waals surface area contributed by atoms with Gasteiger partial charge >= 0.3 is 11.9 Å². The van der Waals surface area contributed by atoms with Crippen LogP contribution in [0.1, 0.15) is 27.7 Å². The number of hydrogen-bond donors (Lipinski definition) is 2. The number of rotatable bonds is 8. The molecule has 2 N–H and O–H groups in total. The number of hydrogen-bond acceptors (Lipinski definition) is 10. The van der Waals surface area contributed by atoms with Crippen LogP contribution in [0.2, 0.25) is 0 Å². The Labute approximate surface area is 207 Å². The lowest BCUT2D eigenvalue weighted by molar-refractivity contribution is -0.139. The molecule has 0 fully saturated rings. The third kappa shape index (κ3) is 6.09. The third-order valence-corrected chi connectivity index (χ3v) is 4.87. The van der Waals surface area contributed by atoms with Gasteiger partial charge in [-0.3, -0.25) is 9.98 Å². The maximum atomic E-state index is 12.2. The SMILES string of the molecule is CCOC(=O)/C(C=Nc1cc2nc3ccccc3nc2cc1N=C/C(C(=O)OCC)=C(/C)O)=C(\C)O. The van der Waals surface area contributed by atoms with Crippen LogP contribution >= 0.6 is 0 Å². The summed E-state index contributed by atoms with van der Waals surface area (Å²) < 4.78 is 9.94. The van der Waals surface area contributed by atoms with Gasteiger partial charge in [0.1, 0.15) is 22.7 Å². The number of benzene rings is 2. The topological polar surface area (TPSA) is 144 Å². The highest BCUT2D eigenvalue weighted by Gasteiger charge is 2.15. The molecule has 0 saturated heterocycles. The quantitative estimate of drug-likeness (QED) is 0.148. The molecular formula is C26H26N4O6. The smallest absolute Gasteiger partial charge is 0.343 e. The van der Waals surface area contributed by atoms with E-state index in [4.69, 9.17) is 9.47 Å². The van der Waals surface area contributed by atoms with Crippen molar-refractivity contribution in [2.24, 2.45) is 9.98 Å². The number of carbonyl (C=O) groups is 2. The van der Waals surface area contributed by atoms with E-state index < -0.39 is 11.9 Å². The Morgan fingerprint density at radius 3 is 1.50 bits per heavy atom. The number of nitrogens with zero attached hydrogens (tertiary/aromatic N) is 4. The molecule has 1 heterocycles. The van der Waals surface area contributed by atoms with Gasteiger partial charge in [-0.1, -0.05) is 12.1 Å². The van der Waals surface area contributed by atoms with Crippen LogP contribution in [0.4, 0.5) is 11.4 Å². The fourth-order valence-corrected chi connectivity index (χ4v) is 3.13. The van der Waals surface area contributed by atoms with Crippen molar-refractivity contribution in [1.82, 2.24) is 9.97 Å². The second-order valence-electron chi connectivity index (χ2n) is 7.50. The van der Waals surface area contributed by atoms with E-state index in [2.05, 4.69) is 20.0 Å². The van der Waals surface area contributed by atoms with Crippen molar-refractivity contribution in [3.8, 4) is 0 Å². The first kappa shape index (κ1) is 26.0. The number of allylic oxidation sites excluding steroid dienone is 2. The predicted octanol–water partition coefficient (Wildman–Crippen LogP) is 4.98. The number of fused-ring (bicyclic) bond motifs is 2. The molecule has 0 amide bonds. The van der Waals surface area contributed by atoms with Gasteiger partial charge in [-0.25, -0.2) is 19.6 Å². The van der Waals surface area contributed by atoms with Gasteiger partial charge in [0.2, 0.25) is 0 Å². The zero-order valence-corrected chi connectivity index (χ0v) is 20.3. The van der Waals surface area contributed by atoms with Gasteiger partial charge in [-0.05, 0) is 52.0 Å². The Balaban J connectivity index is 2.18. The van der Waals surface area contributed by atoms with Crippen molar-refractivity contribution in [2.45, 2.75) is 27.7 Å². The zero-order chi connectivity index (χ0) is 26.2. The average Bonchev–Trinajstić information content (AvgIpc) is 2.83. The Morgan fingerprint density at radius 2 is 1.17 bits per heavy atom. The van der Waals surface area contributed by atoms with Gasteiger partial charge in [-0.2, -0.15) is 0 Å². The Kier molecular flexibility index (Phi) is 8.45. The second-order valence-corrected chi connectivity index (χ2v) is 7.50. The number of aliphatic imine (C=N–C) groups is 2. The van der Waals surface area contributed by atoms with Gasteiger partial charge in [0.15, 0.2) is 0 Å². The maximum Gasteiger partial charge on any atom is 0.343 e. The molecule has 0 aliphatic heterocycles. The van der Waals surface area contributed by atoms with Gasteiger partial charge < -0.3 is 19.7 Å². The molecule has 36 heavy (non-hydrogen) atoms. The van der Waals surface area contributed by atoms with Crippen molar-refractivity contribution in [1.29, 1.82) is 0 Å². The number of aromatic nitrogens is 2. The summed E-state index contributed by atoms with van der Waals surface area (Å²) in [6, 6.07) is 10.6. The number of carbonyl (C=O) groups excluding carboxylic acids is 2. The molecule has 0 aliphatic rings. The van der Waals surface area contributed by atoms with Crippen molar-refractivity contribution in [3.05, 3.63) is 59.1 Å². The molecule has 2 aromatic carbocycles. The van der Waals surface area contributed by atoms with E-state index in [1.165, 1.54) is 26.3 Å². The van der Waals surface area contributed by atoms with E-state index in [1.54, 1.807) is 26.0 Å². The molecule has 10 heteroatoms. The van der Waals surface area contributed by atoms with E-state index >= 15 is 0 Å². The minimum absolute atomic E-state index is 0.126. The van der Waals surface area contributed by atoms with Gasteiger partial charge in [0.25, 0.3) is 0 Å². The summed E-state index contributed by atoms with van der Waals surface area (Å²) in [4.78, 5) is 42.3. The fourth-order valence-electron chi connectivity index (χ4n) is 3.13. The molecule has 0 unspecified atom stereocenters. The third-order valence-electron chi connectivity index (χ3n) is 4.87. The van der Waals surface area contributed by atoms with Crippen LogP contribution in [-0.4, -0.2) is 57.8 Å². The molecule has 0 saturated carbocycles. The number of aliphatic hydroxyl groups excluding tert-OH is 2. The van der Waals surface area contributed by atoms with E-state index in [0.29, 0.717) is 22.1 Å². The summed E-state index contributed by atoms with van der Waals surface area (Å²) in [6.45, 7) is 6.24. The highest BCUT2D eigenvalue weighted by atomic mass is 16.5. The molecule has 3 aromatic rings. The van der Waals surface area contributed by atoms with Crippen LogP contribution in [0, 0.1) is 0 Å². The van der Waals surface area contributed by atoms with Crippen LogP contribution in [0.25, 0.3) is 22.1 Å². The molecule has 0 atom stereocenters. The minimum atomic E-state index is -0.735. The summed E-state index contributed by atoms with van der Waals surface area (Å²) in [5, 5.41) is 19.9. The number of aliphatic hydroxyl groups is 2. The van der Waals surface area contributed by atoms with Crippen molar-refractivity contribution < 1.29 is 29.3 Å². The van der Waals surface area contributed by atoms with Gasteiger partial charge in [-0.15, -0.1) is 0 Å². The van der Waals surface area contributed by atoms with Crippen molar-refractivity contribution in [3.63, 3.8) is 0 Å². The lowest BCUT2D eigenvalue weighted by Crippen LogP contribution is -2.10. The van der Waals surface area contributed by atoms with Gasteiger partial charge in [0, 0.05) is 12.4 Å². The molecule has 186 valence electrons. The lowest BCUT2D eigenvalue weighted by atomic mass is 10.2. The first-order chi connectivity index (χ1) is 17.2. The molecule has 0 spiro atoms. The summed E-state index contributed by atoms with van der Waals surface area (Å²) >= 11 is 0. The number of ether oxygens (including phenoxy) is 2. The molecular weight excluding hydrogens is 464 g/mol. The van der Waals surface area contributed by atoms with Crippen molar-refractivity contribution >= 4 is 57.8 Å². The molecule has 0 aliphatic carbocycles. The standard InChI is InChI=1S/C26H26N4O6/c1-5-35-25(33)17(15(3)31)13-27-21-11-23-24(30-20-10-8-7-9-19(20)29-23)12-22(21)28-14-18(16(4)32)26(34)36-6-2/h7-14,31-32H,5-6H2,1-4H3/b17-15+,18-16+,27-13?,28-14?. The zero-order valence-electron chi connectivity index (χ0n) is 20.3. The summed E-state index contributed by atoms with van der Waals surface area (Å²) in [6.07, 6.45) is 2.34. The minimum Gasteiger partial charge on any atom is -0.512 e. The van der Waals surface area contributed by atoms with Crippen LogP contribution in [0.15, 0.2) is 69.0 Å². The first-order valence-corrected chi connectivity index (χ1v) is 11.2. The Bertz CT molecular complexity index is 1320. The van der Waals surface area contributed by atoms with E-state index in [1.807, 2.05) is 24.3 Å². The Morgan fingerprint density at radius 1 is 0.778 bits per heavy atom. The largest absolute Gasteiger partial charge is 0.512 e. The van der Waals surface area contributed by atoms with Crippen LogP contribution in [0.5, 0.6) is 0 Å². The summed E-state index contributed by atoms with van der Waals surface area (Å²) in [7, 11) is 0. The van der Waals surface area contributed by atoms with E-state index in [0.717, 1.165) is 0 Å². The molecule has 1 aromatic heterocycles. The normalized spacial score (nSPS) is 13.2. The highest BCUT2D eigenvalue weighted by molar-refractivity contribution is 6.12. The highest BCUT2D eigenvalue weighted by Crippen LogP contribution is 2.33. The molecule has 0 radical (unpaired) electrons. The van der Waals surface area contributed by atoms with Crippen molar-refractivity contribution in [2.75, 3.05) is 13.2 Å². The molecule has 3 rings (SSSR count). The number of esters is 2. The fraction of sp³-hybridized carbons (Fsp3) is 0.231. The summed E-state index contributed by atoms with van der Waals surface area (Å²) in [5.74, 6) is -2.00. The predicted molar refractivity (Wildman–Crippen MR) is 137 cm³/mol. The number of para-hydroxylation sites is 2. The van der Waals surface area contributed by atoms with Crippen LogP contribution < -0.4 is 0 Å². The monoisotopic (exact) mass is 490 g/mol. The first-order valence-electron chi connectivity index (χ1n) is 11.2. The second kappa shape index (κ2) is 11.7. The van der Waals surface area contributed by atoms with Crippen LogP contribution in [-0.2, 0) is 19.1 Å². The molecule has 10 nitrogen and oxygen atoms in total. The average molecular weight is 491 g/mol. The molecule has 0 bridgehead atoms. The lowest BCUT2D eigenvalue weighted by Gasteiger charge is -2.07. The maximum absolute atomic E-state index is 12.2. The van der Waals surface area contributed by atoms with Crippen LogP contribution in [0.3, 0.4) is 0 Å². The summed E-state index contributed by atoms with van der Waals surface area (Å²) in [5.41, 5.74) is 2.67. The Hall–Kier alpha value is -4.60. The van der Waals surface area contributed by atoms with E-state index in [-0.39, 0.29) is 47.3 Å². The van der Waals surface area contributed by atoms with Gasteiger partial charge in [0.05, 0.1) is 46.7 Å². The van der Waals surface area contributed by atoms with E-state index in [9.17, 15) is 19.8 Å².